The molecule has 0 bridgehead atoms. The maximum absolute atomic E-state index is 11.6. The summed E-state index contributed by atoms with van der Waals surface area (Å²) < 4.78 is 1.65. The molecule has 1 N–H and O–H groups in total. The summed E-state index contributed by atoms with van der Waals surface area (Å²) in [6, 6.07) is 1.57. The monoisotopic (exact) mass is 221 g/mol. The third-order valence-electron chi connectivity index (χ3n) is 2.75. The highest BCUT2D eigenvalue weighted by atomic mass is 16.2. The molecule has 1 aliphatic heterocycles. The first-order valence-electron chi connectivity index (χ1n) is 5.46. The SMILES string of the molecule is CC(C)c1ccn(C2CCC(=O)NC2=O)n1. The van der Waals surface area contributed by atoms with Crippen LogP contribution in [0.5, 0.6) is 0 Å². The molecule has 1 aromatic heterocycles. The smallest absolute Gasteiger partial charge is 0.251 e. The Labute approximate surface area is 93.8 Å². The number of amides is 2. The predicted molar refractivity (Wildman–Crippen MR) is 57.7 cm³/mol. The van der Waals surface area contributed by atoms with Gasteiger partial charge in [0.25, 0.3) is 5.91 Å². The summed E-state index contributed by atoms with van der Waals surface area (Å²) in [6.07, 6.45) is 2.71. The van der Waals surface area contributed by atoms with Crippen molar-refractivity contribution in [1.29, 1.82) is 0 Å². The van der Waals surface area contributed by atoms with Crippen LogP contribution in [0.1, 0.15) is 44.3 Å². The molecule has 0 spiro atoms. The molecule has 1 aromatic rings. The molecule has 86 valence electrons. The fourth-order valence-corrected chi connectivity index (χ4v) is 1.77. The maximum atomic E-state index is 11.6. The van der Waals surface area contributed by atoms with E-state index in [4.69, 9.17) is 0 Å². The van der Waals surface area contributed by atoms with Crippen molar-refractivity contribution in [3.63, 3.8) is 0 Å². The minimum Gasteiger partial charge on any atom is -0.295 e. The largest absolute Gasteiger partial charge is 0.295 e. The molecular weight excluding hydrogens is 206 g/mol. The van der Waals surface area contributed by atoms with Crippen molar-refractivity contribution < 1.29 is 9.59 Å². The van der Waals surface area contributed by atoms with Gasteiger partial charge in [-0.15, -0.1) is 0 Å². The first kappa shape index (κ1) is 10.9. The predicted octanol–water partition coefficient (Wildman–Crippen LogP) is 0.984. The number of piperidine rings is 1. The standard InChI is InChI=1S/C11H15N3O2/c1-7(2)8-5-6-14(13-8)9-3-4-10(15)12-11(9)16/h5-7,9H,3-4H2,1-2H3,(H,12,15,16). The van der Waals surface area contributed by atoms with Crippen LogP contribution < -0.4 is 5.32 Å². The molecule has 1 aliphatic rings. The molecule has 16 heavy (non-hydrogen) atoms. The summed E-state index contributed by atoms with van der Waals surface area (Å²) in [5, 5.41) is 6.68. The first-order valence-corrected chi connectivity index (χ1v) is 5.46. The number of nitrogens with zero attached hydrogens (tertiary/aromatic N) is 2. The van der Waals surface area contributed by atoms with Crippen LogP contribution in [0.2, 0.25) is 0 Å². The average Bonchev–Trinajstić information content (AvgIpc) is 2.66. The van der Waals surface area contributed by atoms with E-state index < -0.39 is 0 Å². The van der Waals surface area contributed by atoms with Crippen molar-refractivity contribution in [2.45, 2.75) is 38.6 Å². The number of rotatable bonds is 2. The van der Waals surface area contributed by atoms with Crippen molar-refractivity contribution in [3.8, 4) is 0 Å². The lowest BCUT2D eigenvalue weighted by molar-refractivity contribution is -0.135. The lowest BCUT2D eigenvalue weighted by atomic mass is 10.1. The Hall–Kier alpha value is -1.65. The third kappa shape index (κ3) is 1.98. The van der Waals surface area contributed by atoms with Crippen molar-refractivity contribution in [3.05, 3.63) is 18.0 Å². The lowest BCUT2D eigenvalue weighted by Crippen LogP contribution is -2.41. The zero-order chi connectivity index (χ0) is 11.7. The van der Waals surface area contributed by atoms with Crippen LogP contribution in [0.25, 0.3) is 0 Å². The number of carbonyl (C=O) groups excluding carboxylic acids is 2. The van der Waals surface area contributed by atoms with Crippen molar-refractivity contribution in [2.75, 3.05) is 0 Å². The van der Waals surface area contributed by atoms with Gasteiger partial charge in [0, 0.05) is 12.6 Å². The molecular formula is C11H15N3O2. The van der Waals surface area contributed by atoms with Gasteiger partial charge < -0.3 is 0 Å². The number of imide groups is 1. The quantitative estimate of drug-likeness (QED) is 0.757. The van der Waals surface area contributed by atoms with Crippen molar-refractivity contribution in [1.82, 2.24) is 15.1 Å². The number of hydrogen-bond donors (Lipinski definition) is 1. The highest BCUT2D eigenvalue weighted by molar-refractivity contribution is 5.99. The second-order valence-electron chi connectivity index (χ2n) is 4.34. The summed E-state index contributed by atoms with van der Waals surface area (Å²) in [5.41, 5.74) is 0.963. The highest BCUT2D eigenvalue weighted by Crippen LogP contribution is 2.19. The highest BCUT2D eigenvalue weighted by Gasteiger charge is 2.28. The maximum Gasteiger partial charge on any atom is 0.251 e. The fraction of sp³-hybridized carbons (Fsp3) is 0.545. The van der Waals surface area contributed by atoms with Crippen LogP contribution in [0.3, 0.4) is 0 Å². The summed E-state index contributed by atoms with van der Waals surface area (Å²) in [7, 11) is 0. The molecule has 5 heteroatoms. The minimum absolute atomic E-state index is 0.197. The molecule has 1 atom stereocenters. The Morgan fingerprint density at radius 3 is 2.81 bits per heavy atom. The van der Waals surface area contributed by atoms with Gasteiger partial charge in [0.05, 0.1) is 5.69 Å². The second-order valence-corrected chi connectivity index (χ2v) is 4.34. The number of aromatic nitrogens is 2. The number of carbonyl (C=O) groups is 2. The second kappa shape index (κ2) is 4.08. The summed E-state index contributed by atoms with van der Waals surface area (Å²) in [4.78, 5) is 22.6. The van der Waals surface area contributed by atoms with Crippen LogP contribution >= 0.6 is 0 Å². The van der Waals surface area contributed by atoms with Gasteiger partial charge >= 0.3 is 0 Å². The van der Waals surface area contributed by atoms with Crippen LogP contribution in [0, 0.1) is 0 Å². The summed E-state index contributed by atoms with van der Waals surface area (Å²) in [5.74, 6) is -0.110. The van der Waals surface area contributed by atoms with E-state index in [1.54, 1.807) is 10.9 Å². The van der Waals surface area contributed by atoms with Gasteiger partial charge in [0.1, 0.15) is 6.04 Å². The molecule has 0 aromatic carbocycles. The van der Waals surface area contributed by atoms with E-state index in [1.807, 2.05) is 6.07 Å². The van der Waals surface area contributed by atoms with Crippen molar-refractivity contribution >= 4 is 11.8 Å². The van der Waals surface area contributed by atoms with Crippen molar-refractivity contribution in [2.24, 2.45) is 0 Å². The van der Waals surface area contributed by atoms with Gasteiger partial charge in [0.15, 0.2) is 0 Å². The van der Waals surface area contributed by atoms with Crippen LogP contribution in [-0.2, 0) is 9.59 Å². The van der Waals surface area contributed by atoms with Gasteiger partial charge in [-0.2, -0.15) is 5.10 Å². The topological polar surface area (TPSA) is 64.0 Å². The number of nitrogens with one attached hydrogen (secondary N) is 1. The molecule has 1 saturated heterocycles. The molecule has 0 saturated carbocycles. The normalized spacial score (nSPS) is 21.3. The van der Waals surface area contributed by atoms with E-state index >= 15 is 0 Å². The van der Waals surface area contributed by atoms with E-state index in [1.165, 1.54) is 0 Å². The first-order chi connectivity index (χ1) is 7.58. The molecule has 2 rings (SSSR count). The molecule has 2 heterocycles. The van der Waals surface area contributed by atoms with Gasteiger partial charge in [-0.1, -0.05) is 13.8 Å². The molecule has 1 unspecified atom stereocenters. The van der Waals surface area contributed by atoms with E-state index in [0.717, 1.165) is 5.69 Å². The third-order valence-corrected chi connectivity index (χ3v) is 2.75. The fourth-order valence-electron chi connectivity index (χ4n) is 1.77. The molecule has 1 fully saturated rings. The number of hydrogen-bond acceptors (Lipinski definition) is 3. The van der Waals surface area contributed by atoms with Gasteiger partial charge in [0.2, 0.25) is 5.91 Å². The zero-order valence-electron chi connectivity index (χ0n) is 9.43. The molecule has 0 radical (unpaired) electrons. The Kier molecular flexibility index (Phi) is 2.77. The van der Waals surface area contributed by atoms with Gasteiger partial charge in [-0.05, 0) is 18.4 Å². The summed E-state index contributed by atoms with van der Waals surface area (Å²) >= 11 is 0. The van der Waals surface area contributed by atoms with E-state index in [2.05, 4.69) is 24.3 Å². The Bertz CT molecular complexity index is 423. The van der Waals surface area contributed by atoms with Gasteiger partial charge in [-0.3, -0.25) is 19.6 Å². The van der Waals surface area contributed by atoms with E-state index in [9.17, 15) is 9.59 Å². The van der Waals surface area contributed by atoms with Crippen LogP contribution in [0.4, 0.5) is 0 Å². The zero-order valence-corrected chi connectivity index (χ0v) is 9.43. The Balaban J connectivity index is 2.17. The molecule has 0 aliphatic carbocycles. The molecule has 2 amide bonds. The summed E-state index contributed by atoms with van der Waals surface area (Å²) in [6.45, 7) is 4.11. The van der Waals surface area contributed by atoms with E-state index in [0.29, 0.717) is 18.8 Å². The Morgan fingerprint density at radius 2 is 2.25 bits per heavy atom. The van der Waals surface area contributed by atoms with Gasteiger partial charge in [-0.25, -0.2) is 0 Å². The molecule has 5 nitrogen and oxygen atoms in total. The average molecular weight is 221 g/mol. The van der Waals surface area contributed by atoms with Crippen LogP contribution in [-0.4, -0.2) is 21.6 Å². The van der Waals surface area contributed by atoms with E-state index in [-0.39, 0.29) is 17.9 Å². The minimum atomic E-state index is -0.342. The Morgan fingerprint density at radius 1 is 1.50 bits per heavy atom. The lowest BCUT2D eigenvalue weighted by Gasteiger charge is -2.20. The van der Waals surface area contributed by atoms with Crippen LogP contribution in [0.15, 0.2) is 12.3 Å².